The van der Waals surface area contributed by atoms with Gasteiger partial charge in [0.2, 0.25) is 21.7 Å². The number of hydrogen-bond acceptors (Lipinski definition) is 6. The van der Waals surface area contributed by atoms with Crippen molar-refractivity contribution in [2.45, 2.75) is 19.3 Å². The zero-order valence-electron chi connectivity index (χ0n) is 14.7. The molecule has 140 valence electrons. The summed E-state index contributed by atoms with van der Waals surface area (Å²) in [4.78, 5) is 12.1. The van der Waals surface area contributed by atoms with Crippen LogP contribution in [-0.4, -0.2) is 58.8 Å². The lowest BCUT2D eigenvalue weighted by atomic mass is 10.2. The number of ether oxygens (including phenoxy) is 3. The molecule has 0 bridgehead atoms. The molecule has 1 saturated heterocycles. The van der Waals surface area contributed by atoms with Crippen molar-refractivity contribution in [3.8, 4) is 17.2 Å². The smallest absolute Gasteiger partial charge is 0.225 e. The summed E-state index contributed by atoms with van der Waals surface area (Å²) in [6.45, 7) is 1.08. The van der Waals surface area contributed by atoms with Gasteiger partial charge in [0, 0.05) is 37.3 Å². The molecule has 25 heavy (non-hydrogen) atoms. The summed E-state index contributed by atoms with van der Waals surface area (Å²) in [5, 5.41) is 2.67. The lowest BCUT2D eigenvalue weighted by Gasteiger charge is -2.16. The van der Waals surface area contributed by atoms with Crippen LogP contribution in [0.4, 0.5) is 5.69 Å². The third-order valence-corrected chi connectivity index (χ3v) is 5.87. The molecule has 1 aromatic rings. The van der Waals surface area contributed by atoms with Crippen LogP contribution in [0.2, 0.25) is 0 Å². The van der Waals surface area contributed by atoms with Crippen molar-refractivity contribution >= 4 is 21.6 Å². The van der Waals surface area contributed by atoms with E-state index < -0.39 is 15.9 Å². The van der Waals surface area contributed by atoms with Crippen LogP contribution in [0.5, 0.6) is 17.2 Å². The van der Waals surface area contributed by atoms with Gasteiger partial charge in [0.25, 0.3) is 0 Å². The van der Waals surface area contributed by atoms with E-state index in [4.69, 9.17) is 14.2 Å². The van der Waals surface area contributed by atoms with Crippen molar-refractivity contribution in [1.82, 2.24) is 4.31 Å². The minimum absolute atomic E-state index is 0.116. The Morgan fingerprint density at radius 3 is 2.12 bits per heavy atom. The van der Waals surface area contributed by atoms with Crippen molar-refractivity contribution in [1.29, 1.82) is 0 Å². The molecule has 0 spiro atoms. The second kappa shape index (κ2) is 8.39. The number of sulfonamides is 1. The SMILES string of the molecule is COc1cc(NC(=O)CCS(=O)(=O)N2CCCC2)cc(OC)c1OC. The van der Waals surface area contributed by atoms with Gasteiger partial charge in [-0.25, -0.2) is 12.7 Å². The molecule has 1 fully saturated rings. The molecular formula is C16H24N2O6S. The number of benzene rings is 1. The quantitative estimate of drug-likeness (QED) is 0.743. The number of carbonyl (C=O) groups is 1. The second-order valence-corrected chi connectivity index (χ2v) is 7.72. The number of hydrogen-bond donors (Lipinski definition) is 1. The molecule has 0 atom stereocenters. The Hall–Kier alpha value is -2.00. The van der Waals surface area contributed by atoms with Crippen LogP contribution in [-0.2, 0) is 14.8 Å². The normalized spacial score (nSPS) is 15.0. The topological polar surface area (TPSA) is 94.2 Å². The zero-order chi connectivity index (χ0) is 18.4. The first-order valence-electron chi connectivity index (χ1n) is 7.99. The summed E-state index contributed by atoms with van der Waals surface area (Å²) in [5.74, 6) is 0.629. The molecule has 0 radical (unpaired) electrons. The third kappa shape index (κ3) is 4.76. The molecule has 1 heterocycles. The monoisotopic (exact) mass is 372 g/mol. The molecule has 0 aliphatic carbocycles. The number of methoxy groups -OCH3 is 3. The predicted molar refractivity (Wildman–Crippen MR) is 93.9 cm³/mol. The third-order valence-electron chi connectivity index (χ3n) is 3.99. The molecule has 0 unspecified atom stereocenters. The highest BCUT2D eigenvalue weighted by Gasteiger charge is 2.25. The fourth-order valence-corrected chi connectivity index (χ4v) is 4.21. The van der Waals surface area contributed by atoms with Crippen molar-refractivity contribution in [3.05, 3.63) is 12.1 Å². The fraction of sp³-hybridized carbons (Fsp3) is 0.562. The molecule has 9 heteroatoms. The van der Waals surface area contributed by atoms with E-state index in [9.17, 15) is 13.2 Å². The maximum Gasteiger partial charge on any atom is 0.225 e. The first-order valence-corrected chi connectivity index (χ1v) is 9.60. The number of anilines is 1. The average molecular weight is 372 g/mol. The number of nitrogens with one attached hydrogen (secondary N) is 1. The van der Waals surface area contributed by atoms with E-state index in [0.29, 0.717) is 36.0 Å². The van der Waals surface area contributed by atoms with Crippen LogP contribution in [0.1, 0.15) is 19.3 Å². The summed E-state index contributed by atoms with van der Waals surface area (Å²) >= 11 is 0. The molecule has 1 aliphatic heterocycles. The standard InChI is InChI=1S/C16H24N2O6S/c1-22-13-10-12(11-14(23-2)16(13)24-3)17-15(19)6-9-25(20,21)18-7-4-5-8-18/h10-11H,4-9H2,1-3H3,(H,17,19). The number of nitrogens with zero attached hydrogens (tertiary/aromatic N) is 1. The van der Waals surface area contributed by atoms with E-state index in [-0.39, 0.29) is 12.2 Å². The number of rotatable bonds is 8. The Labute approximate surface area is 148 Å². The highest BCUT2D eigenvalue weighted by atomic mass is 32.2. The molecule has 1 N–H and O–H groups in total. The second-order valence-electron chi connectivity index (χ2n) is 5.63. The Morgan fingerprint density at radius 2 is 1.64 bits per heavy atom. The molecule has 8 nitrogen and oxygen atoms in total. The Kier molecular flexibility index (Phi) is 6.49. The molecule has 2 rings (SSSR count). The maximum atomic E-state index is 12.2. The van der Waals surface area contributed by atoms with Gasteiger partial charge in [-0.15, -0.1) is 0 Å². The zero-order valence-corrected chi connectivity index (χ0v) is 15.5. The maximum absolute atomic E-state index is 12.2. The van der Waals surface area contributed by atoms with Gasteiger partial charge in [-0.3, -0.25) is 4.79 Å². The van der Waals surface area contributed by atoms with Gasteiger partial charge >= 0.3 is 0 Å². The average Bonchev–Trinajstić information content (AvgIpc) is 3.14. The number of carbonyl (C=O) groups excluding carboxylic acids is 1. The Balaban J connectivity index is 2.02. The van der Waals surface area contributed by atoms with E-state index in [1.54, 1.807) is 12.1 Å². The molecular weight excluding hydrogens is 348 g/mol. The van der Waals surface area contributed by atoms with Crippen molar-refractivity contribution < 1.29 is 27.4 Å². The highest BCUT2D eigenvalue weighted by molar-refractivity contribution is 7.89. The van der Waals surface area contributed by atoms with Gasteiger partial charge in [0.15, 0.2) is 11.5 Å². The first-order chi connectivity index (χ1) is 11.9. The molecule has 0 aromatic heterocycles. The van der Waals surface area contributed by atoms with Gasteiger partial charge < -0.3 is 19.5 Å². The van der Waals surface area contributed by atoms with Crippen molar-refractivity contribution in [2.24, 2.45) is 0 Å². The minimum Gasteiger partial charge on any atom is -0.493 e. The summed E-state index contributed by atoms with van der Waals surface area (Å²) in [6.07, 6.45) is 1.63. The van der Waals surface area contributed by atoms with Crippen LogP contribution in [0, 0.1) is 0 Å². The molecule has 1 aromatic carbocycles. The van der Waals surface area contributed by atoms with E-state index in [2.05, 4.69) is 5.32 Å². The lowest BCUT2D eigenvalue weighted by molar-refractivity contribution is -0.115. The van der Waals surface area contributed by atoms with E-state index in [0.717, 1.165) is 12.8 Å². The van der Waals surface area contributed by atoms with Crippen LogP contribution < -0.4 is 19.5 Å². The van der Waals surface area contributed by atoms with Gasteiger partial charge in [-0.05, 0) is 12.8 Å². The first kappa shape index (κ1) is 19.3. The molecule has 0 saturated carbocycles. The summed E-state index contributed by atoms with van der Waals surface area (Å²) < 4.78 is 41.4. The summed E-state index contributed by atoms with van der Waals surface area (Å²) in [6, 6.07) is 3.18. The molecule has 1 amide bonds. The fourth-order valence-electron chi connectivity index (χ4n) is 2.69. The minimum atomic E-state index is -3.38. The van der Waals surface area contributed by atoms with Crippen LogP contribution in [0.25, 0.3) is 0 Å². The highest BCUT2D eigenvalue weighted by Crippen LogP contribution is 2.39. The summed E-state index contributed by atoms with van der Waals surface area (Å²) in [5.41, 5.74) is 0.443. The van der Waals surface area contributed by atoms with Crippen LogP contribution >= 0.6 is 0 Å². The Morgan fingerprint density at radius 1 is 1.08 bits per heavy atom. The number of amides is 1. The Bertz CT molecular complexity index is 688. The van der Waals surface area contributed by atoms with Gasteiger partial charge in [-0.1, -0.05) is 0 Å². The van der Waals surface area contributed by atoms with Gasteiger partial charge in [0.1, 0.15) is 0 Å². The van der Waals surface area contributed by atoms with E-state index >= 15 is 0 Å². The van der Waals surface area contributed by atoms with Gasteiger partial charge in [0.05, 0.1) is 27.1 Å². The van der Waals surface area contributed by atoms with Gasteiger partial charge in [-0.2, -0.15) is 0 Å². The summed E-state index contributed by atoms with van der Waals surface area (Å²) in [7, 11) is 1.06. The molecule has 1 aliphatic rings. The lowest BCUT2D eigenvalue weighted by Crippen LogP contribution is -2.31. The largest absolute Gasteiger partial charge is 0.493 e. The van der Waals surface area contributed by atoms with Crippen LogP contribution in [0.3, 0.4) is 0 Å². The van der Waals surface area contributed by atoms with E-state index in [1.165, 1.54) is 25.6 Å². The van der Waals surface area contributed by atoms with Crippen LogP contribution in [0.15, 0.2) is 12.1 Å². The van der Waals surface area contributed by atoms with E-state index in [1.807, 2.05) is 0 Å². The van der Waals surface area contributed by atoms with Crippen molar-refractivity contribution in [2.75, 3.05) is 45.5 Å². The van der Waals surface area contributed by atoms with Crippen molar-refractivity contribution in [3.63, 3.8) is 0 Å². The predicted octanol–water partition coefficient (Wildman–Crippen LogP) is 1.47.